The summed E-state index contributed by atoms with van der Waals surface area (Å²) in [7, 11) is -0.182. The zero-order chi connectivity index (χ0) is 8.20. The molecule has 0 aromatic heterocycles. The summed E-state index contributed by atoms with van der Waals surface area (Å²) < 4.78 is 20.7. The minimum absolute atomic E-state index is 0.234. The van der Waals surface area contributed by atoms with Crippen molar-refractivity contribution in [3.8, 4) is 0 Å². The zero-order valence-electron chi connectivity index (χ0n) is 6.53. The fourth-order valence-electron chi connectivity index (χ4n) is 0.564. The highest BCUT2D eigenvalue weighted by Gasteiger charge is 2.28. The van der Waals surface area contributed by atoms with E-state index in [-0.39, 0.29) is 5.66 Å². The Balaban J connectivity index is 4.18. The molecule has 0 aliphatic rings. The minimum atomic E-state index is -2.90. The van der Waals surface area contributed by atoms with E-state index in [4.69, 9.17) is 14.8 Å². The third-order valence-corrected chi connectivity index (χ3v) is 3.70. The fourth-order valence-corrected chi connectivity index (χ4v) is 1.69. The van der Waals surface area contributed by atoms with Crippen molar-refractivity contribution >= 4 is 7.60 Å². The summed E-state index contributed by atoms with van der Waals surface area (Å²) in [6.45, 7) is 2.03. The van der Waals surface area contributed by atoms with Gasteiger partial charge in [0, 0.05) is 20.8 Å². The monoisotopic (exact) mass is 167 g/mol. The number of hydrogen-bond donors (Lipinski definition) is 1. The third kappa shape index (κ3) is 2.06. The van der Waals surface area contributed by atoms with Crippen molar-refractivity contribution in [2.75, 3.05) is 20.8 Å². The minimum Gasteiger partial charge on any atom is -0.330 e. The molecular weight excluding hydrogens is 153 g/mol. The lowest BCUT2D eigenvalue weighted by Gasteiger charge is -2.18. The van der Waals surface area contributed by atoms with Crippen LogP contribution in [0.3, 0.4) is 0 Å². The lowest BCUT2D eigenvalue weighted by molar-refractivity contribution is 0.268. The van der Waals surface area contributed by atoms with Crippen molar-refractivity contribution in [1.82, 2.24) is 0 Å². The van der Waals surface area contributed by atoms with Crippen LogP contribution in [0.1, 0.15) is 6.92 Å². The summed E-state index contributed by atoms with van der Waals surface area (Å²) in [4.78, 5) is 0. The molecule has 4 nitrogen and oxygen atoms in total. The molecule has 0 saturated carbocycles. The first kappa shape index (κ1) is 10.1. The molecule has 0 fully saturated rings. The van der Waals surface area contributed by atoms with Gasteiger partial charge in [-0.3, -0.25) is 4.57 Å². The summed E-state index contributed by atoms with van der Waals surface area (Å²) >= 11 is 0. The molecule has 1 unspecified atom stereocenters. The van der Waals surface area contributed by atoms with E-state index in [0.717, 1.165) is 0 Å². The van der Waals surface area contributed by atoms with Gasteiger partial charge in [-0.05, 0) is 6.92 Å². The molecule has 62 valence electrons. The van der Waals surface area contributed by atoms with Crippen LogP contribution < -0.4 is 5.73 Å². The summed E-state index contributed by atoms with van der Waals surface area (Å²) in [6.07, 6.45) is 0. The Kier molecular flexibility index (Phi) is 4.13. The van der Waals surface area contributed by atoms with E-state index in [1.165, 1.54) is 14.2 Å². The molecule has 0 saturated heterocycles. The van der Waals surface area contributed by atoms with Crippen LogP contribution in [0.5, 0.6) is 0 Å². The number of rotatable bonds is 4. The maximum absolute atomic E-state index is 11.4. The molecule has 5 heteroatoms. The maximum atomic E-state index is 11.4. The van der Waals surface area contributed by atoms with Gasteiger partial charge < -0.3 is 14.8 Å². The molecule has 0 radical (unpaired) electrons. The smallest absolute Gasteiger partial charge is 0.330 e. The molecule has 0 aromatic rings. The van der Waals surface area contributed by atoms with Crippen molar-refractivity contribution in [2.45, 2.75) is 12.6 Å². The molecule has 0 aliphatic carbocycles. The molecule has 1 atom stereocenters. The van der Waals surface area contributed by atoms with Gasteiger partial charge in [-0.2, -0.15) is 0 Å². The molecule has 0 aromatic carbocycles. The second-order valence-electron chi connectivity index (χ2n) is 1.99. The Bertz CT molecular complexity index is 131. The Morgan fingerprint density at radius 1 is 1.50 bits per heavy atom. The van der Waals surface area contributed by atoms with Gasteiger partial charge in [0.1, 0.15) is 0 Å². The topological polar surface area (TPSA) is 61.5 Å². The van der Waals surface area contributed by atoms with Gasteiger partial charge in [-0.1, -0.05) is 0 Å². The number of nitrogens with two attached hydrogens (primary N) is 1. The summed E-state index contributed by atoms with van der Waals surface area (Å²) in [6, 6.07) is 0. The van der Waals surface area contributed by atoms with E-state index in [1.807, 2.05) is 0 Å². The second-order valence-corrected chi connectivity index (χ2v) is 4.68. The van der Waals surface area contributed by atoms with E-state index in [0.29, 0.717) is 6.54 Å². The predicted octanol–water partition coefficient (Wildman–Crippen LogP) is 0.819. The predicted molar refractivity (Wildman–Crippen MR) is 40.1 cm³/mol. The Morgan fingerprint density at radius 3 is 2.00 bits per heavy atom. The highest BCUT2D eigenvalue weighted by atomic mass is 31.2. The largest absolute Gasteiger partial charge is 0.334 e. The molecule has 0 rings (SSSR count). The maximum Gasteiger partial charge on any atom is 0.334 e. The first-order valence-corrected chi connectivity index (χ1v) is 4.63. The van der Waals surface area contributed by atoms with Crippen molar-refractivity contribution in [1.29, 1.82) is 0 Å². The Morgan fingerprint density at radius 2 is 1.90 bits per heavy atom. The van der Waals surface area contributed by atoms with Crippen LogP contribution in [0.2, 0.25) is 0 Å². The highest BCUT2D eigenvalue weighted by molar-refractivity contribution is 7.54. The van der Waals surface area contributed by atoms with Crippen LogP contribution in [0.25, 0.3) is 0 Å². The number of hydrogen-bond acceptors (Lipinski definition) is 4. The van der Waals surface area contributed by atoms with Gasteiger partial charge in [0.05, 0.1) is 5.66 Å². The van der Waals surface area contributed by atoms with E-state index in [9.17, 15) is 4.57 Å². The van der Waals surface area contributed by atoms with E-state index < -0.39 is 7.60 Å². The summed E-state index contributed by atoms with van der Waals surface area (Å²) in [5.41, 5.74) is 5.04. The average molecular weight is 167 g/mol. The molecule has 2 N–H and O–H groups in total. The Labute approximate surface area is 61.2 Å². The van der Waals surface area contributed by atoms with E-state index in [2.05, 4.69) is 0 Å². The molecular formula is C5H14NO3P. The van der Waals surface area contributed by atoms with Crippen LogP contribution in [-0.4, -0.2) is 26.4 Å². The lowest BCUT2D eigenvalue weighted by atomic mass is 10.5. The van der Waals surface area contributed by atoms with Crippen molar-refractivity contribution < 1.29 is 13.6 Å². The highest BCUT2D eigenvalue weighted by Crippen LogP contribution is 2.50. The van der Waals surface area contributed by atoms with Gasteiger partial charge >= 0.3 is 7.60 Å². The standard InChI is InChI=1S/C5H14NO3P/c1-5(4-6)10(7,8-2)9-3/h5H,4,6H2,1-3H3. The molecule has 0 amide bonds. The average Bonchev–Trinajstić information content (AvgIpc) is 2.01. The quantitative estimate of drug-likeness (QED) is 0.629. The fraction of sp³-hybridized carbons (Fsp3) is 1.00. The first-order valence-electron chi connectivity index (χ1n) is 3.02. The van der Waals surface area contributed by atoms with Crippen LogP contribution in [0.15, 0.2) is 0 Å². The van der Waals surface area contributed by atoms with Gasteiger partial charge in [0.25, 0.3) is 0 Å². The molecule has 0 spiro atoms. The van der Waals surface area contributed by atoms with E-state index in [1.54, 1.807) is 6.92 Å². The van der Waals surface area contributed by atoms with Crippen LogP contribution in [0, 0.1) is 0 Å². The molecule has 10 heavy (non-hydrogen) atoms. The van der Waals surface area contributed by atoms with Crippen LogP contribution in [0.4, 0.5) is 0 Å². The molecule has 0 heterocycles. The second kappa shape index (κ2) is 4.09. The molecule has 0 bridgehead atoms. The summed E-state index contributed by atoms with van der Waals surface area (Å²) in [5.74, 6) is 0. The van der Waals surface area contributed by atoms with Gasteiger partial charge in [-0.15, -0.1) is 0 Å². The van der Waals surface area contributed by atoms with Crippen LogP contribution in [-0.2, 0) is 13.6 Å². The lowest BCUT2D eigenvalue weighted by Crippen LogP contribution is -2.18. The molecule has 0 aliphatic heterocycles. The van der Waals surface area contributed by atoms with Gasteiger partial charge in [0.15, 0.2) is 0 Å². The first-order chi connectivity index (χ1) is 4.60. The Hall–Kier alpha value is 0.110. The van der Waals surface area contributed by atoms with Crippen LogP contribution >= 0.6 is 7.60 Å². The zero-order valence-corrected chi connectivity index (χ0v) is 7.43. The van der Waals surface area contributed by atoms with Crippen molar-refractivity contribution in [2.24, 2.45) is 5.73 Å². The van der Waals surface area contributed by atoms with Gasteiger partial charge in [0.2, 0.25) is 0 Å². The third-order valence-electron chi connectivity index (χ3n) is 1.39. The van der Waals surface area contributed by atoms with E-state index >= 15 is 0 Å². The van der Waals surface area contributed by atoms with Crippen molar-refractivity contribution in [3.05, 3.63) is 0 Å². The normalized spacial score (nSPS) is 15.2. The van der Waals surface area contributed by atoms with Crippen molar-refractivity contribution in [3.63, 3.8) is 0 Å². The van der Waals surface area contributed by atoms with Gasteiger partial charge in [-0.25, -0.2) is 0 Å². The summed E-state index contributed by atoms with van der Waals surface area (Å²) in [5, 5.41) is 0. The SMILES string of the molecule is COP(=O)(OC)C(C)CN.